The van der Waals surface area contributed by atoms with E-state index in [9.17, 15) is 20.0 Å². The summed E-state index contributed by atoms with van der Waals surface area (Å²) in [5.41, 5.74) is 6.64. The van der Waals surface area contributed by atoms with Gasteiger partial charge in [-0.1, -0.05) is 35.3 Å². The number of hydrogen-bond acceptors (Lipinski definition) is 8. The Kier molecular flexibility index (Phi) is 6.68. The first kappa shape index (κ1) is 23.1. The summed E-state index contributed by atoms with van der Waals surface area (Å²) < 4.78 is 1.06. The number of aromatic hydroxyl groups is 2. The molecule has 0 aliphatic heterocycles. The number of aromatic nitrogens is 1. The molecular weight excluding hydrogens is 481 g/mol. The van der Waals surface area contributed by atoms with Crippen LogP contribution in [0.25, 0.3) is 20.8 Å². The summed E-state index contributed by atoms with van der Waals surface area (Å²) in [6.45, 7) is 0. The SMILES string of the molecule is Nc1cc(Cl)c(O)c(-c2nc3ccccc3s2)c1.O=C(O)c1cc([N+](=O)[O-])cc(Cl)c1O. The number of nitro groups is 1. The van der Waals surface area contributed by atoms with Crippen LogP contribution in [-0.4, -0.2) is 31.2 Å². The van der Waals surface area contributed by atoms with E-state index >= 15 is 0 Å². The summed E-state index contributed by atoms with van der Waals surface area (Å²) in [7, 11) is 0. The first-order valence-corrected chi connectivity index (χ1v) is 10.2. The lowest BCUT2D eigenvalue weighted by Crippen LogP contribution is -1.99. The lowest BCUT2D eigenvalue weighted by Gasteiger charge is -2.04. The van der Waals surface area contributed by atoms with E-state index < -0.39 is 27.9 Å². The standard InChI is InChI=1S/C13H9ClN2OS.C7H4ClNO5/c14-9-6-7(15)5-8(12(9)17)13-16-10-3-1-2-4-11(10)18-13;8-5-2-3(9(13)14)1-4(6(5)10)7(11)12/h1-6,17H,15H2;1-2,10H,(H,11,12). The molecule has 164 valence electrons. The van der Waals surface area contributed by atoms with Gasteiger partial charge >= 0.3 is 5.97 Å². The van der Waals surface area contributed by atoms with E-state index in [0.717, 1.165) is 22.3 Å². The number of benzene rings is 3. The summed E-state index contributed by atoms with van der Waals surface area (Å²) in [5, 5.41) is 38.6. The van der Waals surface area contributed by atoms with Crippen LogP contribution in [0.5, 0.6) is 11.5 Å². The molecule has 0 amide bonds. The Morgan fingerprint density at radius 1 is 1.06 bits per heavy atom. The molecule has 9 nitrogen and oxygen atoms in total. The number of rotatable bonds is 3. The Labute approximate surface area is 194 Å². The second-order valence-electron chi connectivity index (χ2n) is 6.27. The number of aromatic carboxylic acids is 1. The Morgan fingerprint density at radius 2 is 1.72 bits per heavy atom. The van der Waals surface area contributed by atoms with Crippen molar-refractivity contribution in [1.82, 2.24) is 4.98 Å². The smallest absolute Gasteiger partial charge is 0.339 e. The Balaban J connectivity index is 0.000000188. The van der Waals surface area contributed by atoms with Gasteiger partial charge in [-0.2, -0.15) is 0 Å². The Hall–Kier alpha value is -3.60. The van der Waals surface area contributed by atoms with Gasteiger partial charge in [-0.25, -0.2) is 9.78 Å². The number of phenolic OH excluding ortho intramolecular Hbond substituents is 1. The first-order valence-electron chi connectivity index (χ1n) is 8.62. The zero-order valence-corrected chi connectivity index (χ0v) is 18.1. The van der Waals surface area contributed by atoms with Crippen LogP contribution in [0.15, 0.2) is 48.5 Å². The number of carboxylic acid groups (broad SMARTS) is 1. The molecule has 0 fully saturated rings. The second-order valence-corrected chi connectivity index (χ2v) is 8.12. The number of hydrogen-bond donors (Lipinski definition) is 4. The number of fused-ring (bicyclic) bond motifs is 1. The number of para-hydroxylation sites is 1. The van der Waals surface area contributed by atoms with E-state index in [1.54, 1.807) is 6.07 Å². The fraction of sp³-hybridized carbons (Fsp3) is 0. The molecule has 1 heterocycles. The quantitative estimate of drug-likeness (QED) is 0.125. The average Bonchev–Trinajstić information content (AvgIpc) is 3.16. The number of anilines is 1. The van der Waals surface area contributed by atoms with Gasteiger partial charge in [0.25, 0.3) is 5.69 Å². The van der Waals surface area contributed by atoms with Gasteiger partial charge < -0.3 is 21.1 Å². The number of carbonyl (C=O) groups is 1. The average molecular weight is 494 g/mol. The molecule has 0 aliphatic carbocycles. The minimum absolute atomic E-state index is 0.0184. The number of thiazole rings is 1. The molecule has 4 rings (SSSR count). The summed E-state index contributed by atoms with van der Waals surface area (Å²) in [5.74, 6) is -2.14. The minimum atomic E-state index is -1.48. The molecule has 1 aromatic heterocycles. The highest BCUT2D eigenvalue weighted by molar-refractivity contribution is 7.21. The first-order chi connectivity index (χ1) is 15.1. The number of nitrogens with two attached hydrogens (primary N) is 1. The molecule has 32 heavy (non-hydrogen) atoms. The summed E-state index contributed by atoms with van der Waals surface area (Å²) >= 11 is 12.8. The van der Waals surface area contributed by atoms with Crippen molar-refractivity contribution in [2.24, 2.45) is 0 Å². The van der Waals surface area contributed by atoms with Gasteiger partial charge in [0, 0.05) is 17.8 Å². The van der Waals surface area contributed by atoms with Crippen molar-refractivity contribution in [2.45, 2.75) is 0 Å². The van der Waals surface area contributed by atoms with Gasteiger partial charge in [0.2, 0.25) is 0 Å². The van der Waals surface area contributed by atoms with E-state index in [1.165, 1.54) is 17.4 Å². The Morgan fingerprint density at radius 3 is 2.34 bits per heavy atom. The highest BCUT2D eigenvalue weighted by Crippen LogP contribution is 2.40. The maximum Gasteiger partial charge on any atom is 0.339 e. The van der Waals surface area contributed by atoms with Crippen molar-refractivity contribution in [3.05, 3.63) is 74.3 Å². The molecule has 0 radical (unpaired) electrons. The van der Waals surface area contributed by atoms with Crippen molar-refractivity contribution in [2.75, 3.05) is 5.73 Å². The van der Waals surface area contributed by atoms with E-state index in [2.05, 4.69) is 4.98 Å². The number of nitrogens with zero attached hydrogens (tertiary/aromatic N) is 2. The number of non-ortho nitro benzene ring substituents is 1. The van der Waals surface area contributed by atoms with E-state index in [0.29, 0.717) is 16.3 Å². The number of nitro benzene ring substituents is 1. The molecule has 4 aromatic rings. The maximum absolute atomic E-state index is 10.5. The summed E-state index contributed by atoms with van der Waals surface area (Å²) in [4.78, 5) is 24.5. The van der Waals surface area contributed by atoms with Crippen LogP contribution in [-0.2, 0) is 0 Å². The fourth-order valence-electron chi connectivity index (χ4n) is 2.62. The molecule has 0 aliphatic rings. The van der Waals surface area contributed by atoms with Gasteiger partial charge in [-0.3, -0.25) is 10.1 Å². The maximum atomic E-state index is 10.5. The van der Waals surface area contributed by atoms with Crippen LogP contribution in [0, 0.1) is 10.1 Å². The number of carboxylic acids is 1. The third-order valence-corrected chi connectivity index (χ3v) is 5.75. The van der Waals surface area contributed by atoms with Crippen molar-refractivity contribution in [1.29, 1.82) is 0 Å². The second kappa shape index (κ2) is 9.27. The van der Waals surface area contributed by atoms with Crippen LogP contribution in [0.3, 0.4) is 0 Å². The summed E-state index contributed by atoms with van der Waals surface area (Å²) in [6, 6.07) is 12.6. The normalized spacial score (nSPS) is 10.4. The summed E-state index contributed by atoms with van der Waals surface area (Å²) in [6.07, 6.45) is 0. The molecule has 0 saturated carbocycles. The minimum Gasteiger partial charge on any atom is -0.506 e. The van der Waals surface area contributed by atoms with Crippen molar-refractivity contribution < 1.29 is 25.0 Å². The molecule has 0 bridgehead atoms. The molecule has 3 aromatic carbocycles. The van der Waals surface area contributed by atoms with Crippen LogP contribution >= 0.6 is 34.5 Å². The van der Waals surface area contributed by atoms with Crippen molar-refractivity contribution >= 4 is 62.1 Å². The van der Waals surface area contributed by atoms with Gasteiger partial charge in [0.05, 0.1) is 30.7 Å². The zero-order valence-electron chi connectivity index (χ0n) is 15.8. The third kappa shape index (κ3) is 4.83. The number of halogens is 2. The van der Waals surface area contributed by atoms with Gasteiger partial charge in [0.15, 0.2) is 0 Å². The molecule has 12 heteroatoms. The third-order valence-electron chi connectivity index (χ3n) is 4.10. The highest BCUT2D eigenvalue weighted by Gasteiger charge is 2.19. The van der Waals surface area contributed by atoms with Crippen LogP contribution in [0.4, 0.5) is 11.4 Å². The monoisotopic (exact) mass is 493 g/mol. The zero-order chi connectivity index (χ0) is 23.6. The van der Waals surface area contributed by atoms with Crippen LogP contribution < -0.4 is 5.73 Å². The van der Waals surface area contributed by atoms with E-state index in [-0.39, 0.29) is 15.8 Å². The van der Waals surface area contributed by atoms with Gasteiger partial charge in [0.1, 0.15) is 22.1 Å². The van der Waals surface area contributed by atoms with Crippen molar-refractivity contribution in [3.8, 4) is 22.1 Å². The van der Waals surface area contributed by atoms with E-state index in [1.807, 2.05) is 24.3 Å². The Bertz CT molecular complexity index is 1330. The van der Waals surface area contributed by atoms with Crippen LogP contribution in [0.2, 0.25) is 10.0 Å². The molecule has 0 spiro atoms. The molecular formula is C20H13Cl2N3O6S. The molecule has 0 unspecified atom stereocenters. The predicted molar refractivity (Wildman–Crippen MR) is 123 cm³/mol. The lowest BCUT2D eigenvalue weighted by molar-refractivity contribution is -0.384. The predicted octanol–water partition coefficient (Wildman–Crippen LogP) is 5.56. The highest BCUT2D eigenvalue weighted by atomic mass is 35.5. The molecule has 0 atom stereocenters. The van der Waals surface area contributed by atoms with Crippen molar-refractivity contribution in [3.63, 3.8) is 0 Å². The molecule has 5 N–H and O–H groups in total. The van der Waals surface area contributed by atoms with Crippen LogP contribution in [0.1, 0.15) is 10.4 Å². The largest absolute Gasteiger partial charge is 0.506 e. The van der Waals surface area contributed by atoms with E-state index in [4.69, 9.17) is 39.1 Å². The number of phenols is 2. The topological polar surface area (TPSA) is 160 Å². The number of nitrogen functional groups attached to an aromatic ring is 1. The van der Waals surface area contributed by atoms with Gasteiger partial charge in [-0.15, -0.1) is 11.3 Å². The lowest BCUT2D eigenvalue weighted by atomic mass is 10.2. The van der Waals surface area contributed by atoms with Gasteiger partial charge in [-0.05, 0) is 24.3 Å². The molecule has 0 saturated heterocycles. The fourth-order valence-corrected chi connectivity index (χ4v) is 4.05.